The van der Waals surface area contributed by atoms with Crippen LogP contribution in [0.25, 0.3) is 0 Å². The molecular weight excluding hydrogens is 152 g/mol. The van der Waals surface area contributed by atoms with Crippen molar-refractivity contribution in [1.29, 1.82) is 0 Å². The van der Waals surface area contributed by atoms with Crippen LogP contribution in [0.2, 0.25) is 0 Å². The van der Waals surface area contributed by atoms with Crippen LogP contribution in [0.3, 0.4) is 0 Å². The Morgan fingerprint density at radius 1 is 0.667 bits per heavy atom. The molecule has 0 aromatic carbocycles. The summed E-state index contributed by atoms with van der Waals surface area (Å²) in [6, 6.07) is 0. The maximum atomic E-state index is 0. The van der Waals surface area contributed by atoms with E-state index in [1.165, 1.54) is 0 Å². The number of hydrogen-bond acceptors (Lipinski definition) is 4. The summed E-state index contributed by atoms with van der Waals surface area (Å²) in [5.41, 5.74) is 0. The molecule has 0 bridgehead atoms. The first-order chi connectivity index (χ1) is 0. The van der Waals surface area contributed by atoms with Gasteiger partial charge in [0.2, 0.25) is 0 Å². The third-order valence-corrected chi connectivity index (χ3v) is 0. The number of rotatable bonds is 0. The molecule has 0 rings (SSSR count). The van der Waals surface area contributed by atoms with Gasteiger partial charge < -0.3 is 21.9 Å². The third kappa shape index (κ3) is 40.9. The van der Waals surface area contributed by atoms with Crippen LogP contribution in [-0.2, 0) is 21.7 Å². The van der Waals surface area contributed by atoms with Gasteiger partial charge in [-0.15, -0.1) is 0 Å². The molecule has 36 valence electrons. The van der Waals surface area contributed by atoms with Crippen LogP contribution in [0.5, 0.6) is 0 Å². The molecule has 4 nitrogen and oxygen atoms in total. The van der Waals surface area contributed by atoms with E-state index in [9.17, 15) is 0 Å². The van der Waals surface area contributed by atoms with Gasteiger partial charge in [0.1, 0.15) is 0 Å². The summed E-state index contributed by atoms with van der Waals surface area (Å²) < 4.78 is 0. The molecule has 0 fully saturated rings. The van der Waals surface area contributed by atoms with E-state index in [2.05, 4.69) is 0 Å². The van der Waals surface area contributed by atoms with Crippen molar-refractivity contribution in [3.8, 4) is 0 Å². The first-order valence-electron chi connectivity index (χ1n) is 0. The van der Waals surface area contributed by atoms with Crippen LogP contribution in [0.1, 0.15) is 1.43 Å². The van der Waals surface area contributed by atoms with E-state index < -0.39 is 0 Å². The second-order valence-electron chi connectivity index (χ2n) is 0. The maximum absolute atomic E-state index is 0. The summed E-state index contributed by atoms with van der Waals surface area (Å²) in [5.74, 6) is 0. The Morgan fingerprint density at radius 2 is 0.667 bits per heavy atom. The molecule has 0 unspecified atom stereocenters. The van der Waals surface area contributed by atoms with Crippen molar-refractivity contribution in [2.24, 2.45) is 0 Å². The van der Waals surface area contributed by atoms with Gasteiger partial charge in [-0.2, -0.15) is 0 Å². The predicted molar refractivity (Wildman–Crippen MR) is 14.6 cm³/mol. The minimum absolute atomic E-state index is 0. The first-order valence-corrected chi connectivity index (χ1v) is 0. The van der Waals surface area contributed by atoms with Gasteiger partial charge in [0.15, 0.2) is 0 Å². The van der Waals surface area contributed by atoms with Gasteiger partial charge in [0, 0.05) is 21.7 Å². The van der Waals surface area contributed by atoms with Crippen molar-refractivity contribution in [3.63, 3.8) is 0 Å². The van der Waals surface area contributed by atoms with Crippen molar-refractivity contribution in [3.05, 3.63) is 0 Å². The van der Waals surface area contributed by atoms with Gasteiger partial charge in [-0.05, 0) is 0 Å². The van der Waals surface area contributed by atoms with Crippen molar-refractivity contribution in [2.75, 3.05) is 0 Å². The summed E-state index contributed by atoms with van der Waals surface area (Å²) in [6.45, 7) is 0. The maximum Gasteiger partial charge on any atom is 2.00 e. The predicted octanol–water partition coefficient (Wildman–Crippen LogP) is -0.978. The van der Waals surface area contributed by atoms with Crippen molar-refractivity contribution in [2.45, 2.75) is 0 Å². The molecule has 0 saturated carbocycles. The molecule has 0 aromatic rings. The molecule has 0 radical (unpaired) electrons. The van der Waals surface area contributed by atoms with Crippen molar-refractivity contribution in [1.82, 2.24) is 0 Å². The fourth-order valence-electron chi connectivity index (χ4n) is 0. The fraction of sp³-hybridized carbons (Fsp3) is 0. The zero-order valence-electron chi connectivity index (χ0n) is 4.00. The summed E-state index contributed by atoms with van der Waals surface area (Å²) in [5, 5.41) is 0. The molecule has 4 N–H and O–H groups in total. The molecule has 0 heterocycles. The van der Waals surface area contributed by atoms with Gasteiger partial charge in [-0.25, -0.2) is 0 Å². The van der Waals surface area contributed by atoms with E-state index in [-0.39, 0.29) is 82.8 Å². The Kier molecular flexibility index (Phi) is 1290. The van der Waals surface area contributed by atoms with Crippen LogP contribution in [0.15, 0.2) is 0 Å². The largest absolute Gasteiger partial charge is 2.00 e. The van der Waals surface area contributed by atoms with Crippen LogP contribution in [0, 0.1) is 0 Å². The average Bonchev–Trinajstić information content (AvgIpc) is 0. The monoisotopic (exact) mass is 157 g/mol. The zero-order chi connectivity index (χ0) is 0. The quantitative estimate of drug-likeness (QED) is 0.419. The number of hydrogen-bond donors (Lipinski definition) is 0. The molecule has 0 aliphatic carbocycles. The Bertz CT molecular complexity index is 11.7. The molecule has 0 aromatic heterocycles. The SMILES string of the molecule is [Ca+2].[H+].[OH-].[OH-].[OH-].[OH-].[Ti]. The minimum Gasteiger partial charge on any atom is -0.870 e. The van der Waals surface area contributed by atoms with E-state index in [1.807, 2.05) is 0 Å². The van der Waals surface area contributed by atoms with E-state index in [0.717, 1.165) is 0 Å². The van der Waals surface area contributed by atoms with E-state index in [0.29, 0.717) is 0 Å². The molecule has 6 heteroatoms. The summed E-state index contributed by atoms with van der Waals surface area (Å²) in [4.78, 5) is 0. The van der Waals surface area contributed by atoms with Crippen molar-refractivity contribution < 1.29 is 45.0 Å². The summed E-state index contributed by atoms with van der Waals surface area (Å²) >= 11 is 0. The smallest absolute Gasteiger partial charge is 0.870 e. The van der Waals surface area contributed by atoms with Gasteiger partial charge in [-0.3, -0.25) is 0 Å². The minimum atomic E-state index is 0. The molecule has 6 heavy (non-hydrogen) atoms. The van der Waals surface area contributed by atoms with Crippen molar-refractivity contribution >= 4 is 37.7 Å². The molecule has 0 atom stereocenters. The Hall–Kier alpha value is 1.81. The molecule has 0 amide bonds. The second-order valence-corrected chi connectivity index (χ2v) is 0. The van der Waals surface area contributed by atoms with Crippen LogP contribution in [-0.4, -0.2) is 59.6 Å². The second kappa shape index (κ2) is 70.0. The van der Waals surface area contributed by atoms with Crippen LogP contribution >= 0.6 is 0 Å². The molecule has 0 aliphatic heterocycles. The first kappa shape index (κ1) is 110. The van der Waals surface area contributed by atoms with Gasteiger partial charge in [-0.1, -0.05) is 0 Å². The van der Waals surface area contributed by atoms with Gasteiger partial charge in [0.25, 0.3) is 0 Å². The molecule has 0 aliphatic rings. The van der Waals surface area contributed by atoms with E-state index in [4.69, 9.17) is 0 Å². The van der Waals surface area contributed by atoms with Crippen LogP contribution in [0.4, 0.5) is 0 Å². The van der Waals surface area contributed by atoms with Crippen LogP contribution < -0.4 is 0 Å². The third-order valence-electron chi connectivity index (χ3n) is 0. The summed E-state index contributed by atoms with van der Waals surface area (Å²) in [6.07, 6.45) is 0. The Morgan fingerprint density at radius 3 is 0.667 bits per heavy atom. The Balaban J connectivity index is 0. The fourth-order valence-corrected chi connectivity index (χ4v) is 0. The normalized spacial score (nSPS) is 0. The van der Waals surface area contributed by atoms with E-state index >= 15 is 0 Å². The van der Waals surface area contributed by atoms with E-state index in [1.54, 1.807) is 0 Å². The Labute approximate surface area is 81.9 Å². The van der Waals surface area contributed by atoms with Gasteiger partial charge >= 0.3 is 39.2 Å². The molecule has 0 spiro atoms. The molecular formula is H5CaO4Ti-. The standard InChI is InChI=1S/Ca.4H2O.Ti/h;4*1H2;/q+2;;;;;/p-3. The zero-order valence-corrected chi connectivity index (χ0v) is 6.77. The van der Waals surface area contributed by atoms with Gasteiger partial charge in [0.05, 0.1) is 0 Å². The topological polar surface area (TPSA) is 120 Å². The average molecular weight is 157 g/mol. The summed E-state index contributed by atoms with van der Waals surface area (Å²) in [7, 11) is 0. The molecule has 0 saturated heterocycles.